The number of hydrogen-bond acceptors (Lipinski definition) is 4. The number of benzene rings is 1. The first kappa shape index (κ1) is 20.8. The minimum atomic E-state index is -0.110. The van der Waals surface area contributed by atoms with Crippen LogP contribution in [-0.2, 0) is 20.7 Å². The van der Waals surface area contributed by atoms with Crippen molar-refractivity contribution in [3.05, 3.63) is 29.8 Å². The Morgan fingerprint density at radius 3 is 2.29 bits per heavy atom. The number of rotatable bonds is 7. The second kappa shape index (κ2) is 10.6. The summed E-state index contributed by atoms with van der Waals surface area (Å²) in [6, 6.07) is 8.29. The van der Waals surface area contributed by atoms with Gasteiger partial charge in [-0.05, 0) is 95.0 Å². The molecular formula is C23H34N2O3. The van der Waals surface area contributed by atoms with E-state index in [1.54, 1.807) is 0 Å². The highest BCUT2D eigenvalue weighted by molar-refractivity contribution is 5.92. The molecule has 0 spiro atoms. The Hall–Kier alpha value is -1.88. The number of anilines is 1. The van der Waals surface area contributed by atoms with Crippen molar-refractivity contribution in [3.8, 4) is 0 Å². The van der Waals surface area contributed by atoms with Crippen LogP contribution in [0.5, 0.6) is 0 Å². The molecule has 5 heteroatoms. The second-order valence-electron chi connectivity index (χ2n) is 8.22. The molecule has 1 saturated carbocycles. The average Bonchev–Trinajstić information content (AvgIpc) is 2.74. The van der Waals surface area contributed by atoms with Crippen LogP contribution in [0.3, 0.4) is 0 Å². The first-order chi connectivity index (χ1) is 13.7. The average molecular weight is 387 g/mol. The van der Waals surface area contributed by atoms with E-state index >= 15 is 0 Å². The first-order valence-corrected chi connectivity index (χ1v) is 10.9. The fourth-order valence-electron chi connectivity index (χ4n) is 4.39. The molecule has 1 aliphatic carbocycles. The predicted octanol–water partition coefficient (Wildman–Crippen LogP) is 3.93. The Morgan fingerprint density at radius 2 is 1.64 bits per heavy atom. The van der Waals surface area contributed by atoms with Crippen LogP contribution < -0.4 is 10.6 Å². The summed E-state index contributed by atoms with van der Waals surface area (Å²) in [5.74, 6) is 0.755. The minimum absolute atomic E-state index is 0.00901. The van der Waals surface area contributed by atoms with Gasteiger partial charge >= 0.3 is 5.97 Å². The van der Waals surface area contributed by atoms with Gasteiger partial charge in [-0.2, -0.15) is 0 Å². The molecule has 154 valence electrons. The zero-order valence-corrected chi connectivity index (χ0v) is 17.0. The van der Waals surface area contributed by atoms with Gasteiger partial charge in [0.05, 0.1) is 12.5 Å². The number of carbonyl (C=O) groups excluding carboxylic acids is 2. The van der Waals surface area contributed by atoms with E-state index in [-0.39, 0.29) is 23.7 Å². The van der Waals surface area contributed by atoms with Gasteiger partial charge in [0.15, 0.2) is 0 Å². The molecule has 0 bridgehead atoms. The number of amides is 1. The summed E-state index contributed by atoms with van der Waals surface area (Å²) in [5, 5.41) is 6.47. The van der Waals surface area contributed by atoms with E-state index in [2.05, 4.69) is 22.8 Å². The molecule has 2 N–H and O–H groups in total. The molecule has 1 saturated heterocycles. The van der Waals surface area contributed by atoms with Crippen molar-refractivity contribution in [3.63, 3.8) is 0 Å². The fourth-order valence-corrected chi connectivity index (χ4v) is 4.39. The van der Waals surface area contributed by atoms with Crippen LogP contribution in [-0.4, -0.2) is 31.6 Å². The maximum Gasteiger partial charge on any atom is 0.308 e. The van der Waals surface area contributed by atoms with E-state index in [0.717, 1.165) is 56.8 Å². The topological polar surface area (TPSA) is 67.4 Å². The summed E-state index contributed by atoms with van der Waals surface area (Å²) < 4.78 is 5.10. The second-order valence-corrected chi connectivity index (χ2v) is 8.22. The lowest BCUT2D eigenvalue weighted by Gasteiger charge is -2.26. The summed E-state index contributed by atoms with van der Waals surface area (Å²) in [6.07, 6.45) is 7.92. The van der Waals surface area contributed by atoms with E-state index in [9.17, 15) is 9.59 Å². The smallest absolute Gasteiger partial charge is 0.308 e. The molecule has 0 radical (unpaired) electrons. The molecule has 1 aromatic rings. The highest BCUT2D eigenvalue weighted by Crippen LogP contribution is 2.30. The SMILES string of the molecule is CCOC(=O)C1CCC(C(=O)Nc2ccc(CCC3CCNCC3)cc2)CC1. The largest absolute Gasteiger partial charge is 0.466 e. The summed E-state index contributed by atoms with van der Waals surface area (Å²) in [5.41, 5.74) is 2.20. The summed E-state index contributed by atoms with van der Waals surface area (Å²) >= 11 is 0. The number of aryl methyl sites for hydroxylation is 1. The minimum Gasteiger partial charge on any atom is -0.466 e. The van der Waals surface area contributed by atoms with Crippen molar-refractivity contribution in [1.29, 1.82) is 0 Å². The van der Waals surface area contributed by atoms with Gasteiger partial charge in [-0.15, -0.1) is 0 Å². The van der Waals surface area contributed by atoms with Crippen molar-refractivity contribution < 1.29 is 14.3 Å². The third-order valence-corrected chi connectivity index (χ3v) is 6.24. The summed E-state index contributed by atoms with van der Waals surface area (Å²) in [7, 11) is 0. The molecule has 0 aromatic heterocycles. The van der Waals surface area contributed by atoms with E-state index in [4.69, 9.17) is 4.74 Å². The van der Waals surface area contributed by atoms with Gasteiger partial charge in [-0.1, -0.05) is 12.1 Å². The third-order valence-electron chi connectivity index (χ3n) is 6.24. The summed E-state index contributed by atoms with van der Waals surface area (Å²) in [4.78, 5) is 24.4. The van der Waals surface area contributed by atoms with Gasteiger partial charge < -0.3 is 15.4 Å². The maximum absolute atomic E-state index is 12.6. The molecule has 28 heavy (non-hydrogen) atoms. The Balaban J connectivity index is 1.41. The number of carbonyl (C=O) groups is 2. The molecule has 0 atom stereocenters. The van der Waals surface area contributed by atoms with Crippen LogP contribution >= 0.6 is 0 Å². The molecule has 5 nitrogen and oxygen atoms in total. The maximum atomic E-state index is 12.6. The van der Waals surface area contributed by atoms with Crippen LogP contribution in [0.1, 0.15) is 57.4 Å². The van der Waals surface area contributed by atoms with E-state index in [1.807, 2.05) is 19.1 Å². The highest BCUT2D eigenvalue weighted by atomic mass is 16.5. The lowest BCUT2D eigenvalue weighted by Crippen LogP contribution is -2.30. The van der Waals surface area contributed by atoms with E-state index < -0.39 is 0 Å². The predicted molar refractivity (Wildman–Crippen MR) is 111 cm³/mol. The number of ether oxygens (including phenoxy) is 1. The molecule has 1 amide bonds. The normalized spacial score (nSPS) is 23.2. The number of piperidine rings is 1. The van der Waals surface area contributed by atoms with Gasteiger partial charge in [0.25, 0.3) is 0 Å². The fraction of sp³-hybridized carbons (Fsp3) is 0.652. The van der Waals surface area contributed by atoms with Crippen LogP contribution in [0, 0.1) is 17.8 Å². The van der Waals surface area contributed by atoms with Crippen molar-refractivity contribution in [1.82, 2.24) is 5.32 Å². The number of hydrogen-bond donors (Lipinski definition) is 2. The van der Waals surface area contributed by atoms with Crippen molar-refractivity contribution >= 4 is 17.6 Å². The van der Waals surface area contributed by atoms with E-state index in [0.29, 0.717) is 6.61 Å². The summed E-state index contributed by atoms with van der Waals surface area (Å²) in [6.45, 7) is 4.55. The highest BCUT2D eigenvalue weighted by Gasteiger charge is 2.30. The van der Waals surface area contributed by atoms with Gasteiger partial charge in [0, 0.05) is 11.6 Å². The lowest BCUT2D eigenvalue weighted by molar-refractivity contribution is -0.149. The Morgan fingerprint density at radius 1 is 1.00 bits per heavy atom. The lowest BCUT2D eigenvalue weighted by atomic mass is 9.81. The Bertz CT molecular complexity index is 630. The molecule has 1 aromatic carbocycles. The van der Waals surface area contributed by atoms with Crippen molar-refractivity contribution in [2.24, 2.45) is 17.8 Å². The van der Waals surface area contributed by atoms with Crippen LogP contribution in [0.25, 0.3) is 0 Å². The van der Waals surface area contributed by atoms with Crippen LogP contribution in [0.15, 0.2) is 24.3 Å². The number of nitrogens with one attached hydrogen (secondary N) is 2. The number of esters is 1. The molecule has 2 aliphatic rings. The van der Waals surface area contributed by atoms with Crippen molar-refractivity contribution in [2.75, 3.05) is 25.0 Å². The zero-order valence-electron chi connectivity index (χ0n) is 17.0. The quantitative estimate of drug-likeness (QED) is 0.697. The monoisotopic (exact) mass is 386 g/mol. The third kappa shape index (κ3) is 6.06. The van der Waals surface area contributed by atoms with Gasteiger partial charge in [-0.3, -0.25) is 9.59 Å². The molecule has 1 heterocycles. The van der Waals surface area contributed by atoms with Crippen molar-refractivity contribution in [2.45, 2.75) is 58.3 Å². The van der Waals surface area contributed by atoms with Gasteiger partial charge in [-0.25, -0.2) is 0 Å². The van der Waals surface area contributed by atoms with Crippen LogP contribution in [0.2, 0.25) is 0 Å². The Kier molecular flexibility index (Phi) is 7.90. The van der Waals surface area contributed by atoms with Gasteiger partial charge in [0.2, 0.25) is 5.91 Å². The zero-order chi connectivity index (χ0) is 19.8. The molecular weight excluding hydrogens is 352 g/mol. The molecule has 3 rings (SSSR count). The van der Waals surface area contributed by atoms with Gasteiger partial charge in [0.1, 0.15) is 0 Å². The first-order valence-electron chi connectivity index (χ1n) is 10.9. The van der Waals surface area contributed by atoms with E-state index in [1.165, 1.54) is 24.8 Å². The standard InChI is InChI=1S/C23H34N2O3/c1-2-28-23(27)20-9-7-19(8-10-20)22(26)25-21-11-5-17(6-12-21)3-4-18-13-15-24-16-14-18/h5-6,11-12,18-20,24H,2-4,7-10,13-16H2,1H3,(H,25,26). The van der Waals surface area contributed by atoms with Crippen LogP contribution in [0.4, 0.5) is 5.69 Å². The molecule has 1 aliphatic heterocycles. The molecule has 2 fully saturated rings. The Labute approximate surface area is 168 Å². The molecule has 0 unspecified atom stereocenters.